The van der Waals surface area contributed by atoms with Crippen LogP contribution in [0.3, 0.4) is 0 Å². The van der Waals surface area contributed by atoms with Crippen LogP contribution in [-0.2, 0) is 4.74 Å². The molecule has 0 bridgehead atoms. The van der Waals surface area contributed by atoms with Gasteiger partial charge in [-0.25, -0.2) is 0 Å². The Morgan fingerprint density at radius 1 is 1.28 bits per heavy atom. The third-order valence-corrected chi connectivity index (χ3v) is 3.10. The van der Waals surface area contributed by atoms with E-state index in [4.69, 9.17) is 16.3 Å². The largest absolute Gasteiger partial charge is 0.379 e. The summed E-state index contributed by atoms with van der Waals surface area (Å²) in [5.41, 5.74) is -0.174. The first-order valence-electron chi connectivity index (χ1n) is 5.80. The van der Waals surface area contributed by atoms with Gasteiger partial charge in [0.2, 0.25) is 0 Å². The highest BCUT2D eigenvalue weighted by Crippen LogP contribution is 2.26. The first-order valence-corrected chi connectivity index (χ1v) is 6.18. The van der Waals surface area contributed by atoms with Crippen molar-refractivity contribution < 1.29 is 4.74 Å². The maximum atomic E-state index is 9.37. The lowest BCUT2D eigenvalue weighted by atomic mass is 9.88. The monoisotopic (exact) mass is 266 g/mol. The summed E-state index contributed by atoms with van der Waals surface area (Å²) in [6.07, 6.45) is 0.579. The second kappa shape index (κ2) is 5.60. The fraction of sp³-hybridized carbons (Fsp3) is 0.500. The maximum Gasteiger partial charge on any atom is 0.125 e. The molecule has 0 amide bonds. The lowest BCUT2D eigenvalue weighted by molar-refractivity contribution is 0.00725. The summed E-state index contributed by atoms with van der Waals surface area (Å²) in [5, 5.41) is 13.3. The minimum atomic E-state index is -0.687. The van der Waals surface area contributed by atoms with Gasteiger partial charge in [-0.1, -0.05) is 11.6 Å². The molecule has 3 nitrogen and oxygen atoms in total. The van der Waals surface area contributed by atoms with E-state index < -0.39 is 5.54 Å². The number of hydrogen-bond acceptors (Lipinski definition) is 3. The Morgan fingerprint density at radius 3 is 2.28 bits per heavy atom. The normalized spacial score (nSPS) is 14.7. The summed E-state index contributed by atoms with van der Waals surface area (Å²) in [4.78, 5) is 0. The van der Waals surface area contributed by atoms with E-state index in [9.17, 15) is 5.26 Å². The lowest BCUT2D eigenvalue weighted by Gasteiger charge is -2.33. The van der Waals surface area contributed by atoms with E-state index in [-0.39, 0.29) is 5.60 Å². The Labute approximate surface area is 114 Å². The fourth-order valence-electron chi connectivity index (χ4n) is 1.89. The van der Waals surface area contributed by atoms with Crippen LogP contribution in [0.2, 0.25) is 5.02 Å². The van der Waals surface area contributed by atoms with Gasteiger partial charge < -0.3 is 10.1 Å². The topological polar surface area (TPSA) is 45.0 Å². The molecule has 0 aliphatic carbocycles. The van der Waals surface area contributed by atoms with Crippen molar-refractivity contribution in [1.29, 1.82) is 5.26 Å². The zero-order chi connectivity index (χ0) is 13.8. The van der Waals surface area contributed by atoms with E-state index in [1.165, 1.54) is 0 Å². The minimum absolute atomic E-state index is 0.357. The zero-order valence-electron chi connectivity index (χ0n) is 11.2. The van der Waals surface area contributed by atoms with Crippen LogP contribution >= 0.6 is 11.6 Å². The van der Waals surface area contributed by atoms with Gasteiger partial charge in [0.1, 0.15) is 5.54 Å². The van der Waals surface area contributed by atoms with Gasteiger partial charge in [-0.3, -0.25) is 0 Å². The molecule has 1 unspecified atom stereocenters. The van der Waals surface area contributed by atoms with Crippen LogP contribution in [0, 0.1) is 11.3 Å². The maximum absolute atomic E-state index is 9.37. The van der Waals surface area contributed by atoms with Crippen molar-refractivity contribution in [1.82, 2.24) is 0 Å². The van der Waals surface area contributed by atoms with Gasteiger partial charge >= 0.3 is 0 Å². The molecule has 18 heavy (non-hydrogen) atoms. The van der Waals surface area contributed by atoms with Crippen LogP contribution in [0.4, 0.5) is 5.69 Å². The van der Waals surface area contributed by atoms with Crippen molar-refractivity contribution in [3.63, 3.8) is 0 Å². The van der Waals surface area contributed by atoms with Crippen LogP contribution in [0.5, 0.6) is 0 Å². The molecule has 1 rings (SSSR count). The van der Waals surface area contributed by atoms with Crippen molar-refractivity contribution in [2.45, 2.75) is 38.3 Å². The molecular formula is C14H19ClN2O. The Balaban J connectivity index is 2.83. The van der Waals surface area contributed by atoms with Gasteiger partial charge in [-0.05, 0) is 45.0 Å². The molecule has 1 atom stereocenters. The van der Waals surface area contributed by atoms with Crippen molar-refractivity contribution in [2.24, 2.45) is 0 Å². The SMILES string of the molecule is COC(C)(C)CC(C)(C#N)Nc1ccc(Cl)cc1. The van der Waals surface area contributed by atoms with Gasteiger partial charge in [0, 0.05) is 24.2 Å². The molecular weight excluding hydrogens is 248 g/mol. The summed E-state index contributed by atoms with van der Waals surface area (Å²) in [6, 6.07) is 9.62. The summed E-state index contributed by atoms with van der Waals surface area (Å²) in [6.45, 7) is 5.79. The zero-order valence-corrected chi connectivity index (χ0v) is 12.0. The lowest BCUT2D eigenvalue weighted by Crippen LogP contribution is -2.41. The number of benzene rings is 1. The molecule has 0 fully saturated rings. The molecule has 0 aromatic heterocycles. The first-order chi connectivity index (χ1) is 8.30. The highest BCUT2D eigenvalue weighted by atomic mass is 35.5. The smallest absolute Gasteiger partial charge is 0.125 e. The van der Waals surface area contributed by atoms with Crippen LogP contribution in [-0.4, -0.2) is 18.2 Å². The van der Waals surface area contributed by atoms with Gasteiger partial charge in [0.05, 0.1) is 11.7 Å². The predicted octanol–water partition coefficient (Wildman–Crippen LogP) is 3.85. The van der Waals surface area contributed by atoms with E-state index >= 15 is 0 Å². The van der Waals surface area contributed by atoms with E-state index in [0.717, 1.165) is 5.69 Å². The number of methoxy groups -OCH3 is 1. The molecule has 1 aromatic rings. The van der Waals surface area contributed by atoms with Crippen molar-refractivity contribution in [3.8, 4) is 6.07 Å². The standard InChI is InChI=1S/C14H19ClN2O/c1-13(2,18-4)9-14(3,10-16)17-12-7-5-11(15)6-8-12/h5-8,17H,9H2,1-4H3. The Morgan fingerprint density at radius 2 is 1.83 bits per heavy atom. The van der Waals surface area contributed by atoms with Gasteiger partial charge in [0.25, 0.3) is 0 Å². The highest BCUT2D eigenvalue weighted by molar-refractivity contribution is 6.30. The average Bonchev–Trinajstić information content (AvgIpc) is 2.32. The second-order valence-corrected chi connectivity index (χ2v) is 5.65. The number of nitrogens with one attached hydrogen (secondary N) is 1. The molecule has 0 saturated heterocycles. The van der Waals surface area contributed by atoms with Gasteiger partial charge in [-0.15, -0.1) is 0 Å². The Kier molecular flexibility index (Phi) is 4.61. The molecule has 0 heterocycles. The minimum Gasteiger partial charge on any atom is -0.379 e. The second-order valence-electron chi connectivity index (χ2n) is 5.22. The summed E-state index contributed by atoms with van der Waals surface area (Å²) in [7, 11) is 1.65. The summed E-state index contributed by atoms with van der Waals surface area (Å²) in [5.74, 6) is 0. The molecule has 4 heteroatoms. The van der Waals surface area contributed by atoms with Crippen molar-refractivity contribution in [3.05, 3.63) is 29.3 Å². The molecule has 0 aliphatic rings. The average molecular weight is 267 g/mol. The molecule has 0 aliphatic heterocycles. The summed E-state index contributed by atoms with van der Waals surface area (Å²) >= 11 is 5.83. The fourth-order valence-corrected chi connectivity index (χ4v) is 2.01. The van der Waals surface area contributed by atoms with E-state index in [1.807, 2.05) is 32.9 Å². The van der Waals surface area contributed by atoms with Crippen molar-refractivity contribution in [2.75, 3.05) is 12.4 Å². The third-order valence-electron chi connectivity index (χ3n) is 2.84. The Bertz CT molecular complexity index is 436. The van der Waals surface area contributed by atoms with E-state index in [2.05, 4.69) is 11.4 Å². The molecule has 1 N–H and O–H groups in total. The number of halogens is 1. The number of nitrogens with zero attached hydrogens (tertiary/aromatic N) is 1. The summed E-state index contributed by atoms with van der Waals surface area (Å²) < 4.78 is 5.38. The first kappa shape index (κ1) is 14.8. The molecule has 0 radical (unpaired) electrons. The van der Waals surface area contributed by atoms with Gasteiger partial charge in [0.15, 0.2) is 0 Å². The number of nitriles is 1. The van der Waals surface area contributed by atoms with E-state index in [1.54, 1.807) is 19.2 Å². The molecule has 98 valence electrons. The number of anilines is 1. The Hall–Kier alpha value is -1.24. The highest BCUT2D eigenvalue weighted by Gasteiger charge is 2.32. The van der Waals surface area contributed by atoms with Crippen LogP contribution in [0.1, 0.15) is 27.2 Å². The quantitative estimate of drug-likeness (QED) is 0.880. The predicted molar refractivity (Wildman–Crippen MR) is 74.8 cm³/mol. The number of hydrogen-bond donors (Lipinski definition) is 1. The van der Waals surface area contributed by atoms with Gasteiger partial charge in [-0.2, -0.15) is 5.26 Å². The molecule has 1 aromatic carbocycles. The number of ether oxygens (including phenoxy) is 1. The van der Waals surface area contributed by atoms with Crippen LogP contribution in [0.25, 0.3) is 0 Å². The van der Waals surface area contributed by atoms with Crippen LogP contribution < -0.4 is 5.32 Å². The number of rotatable bonds is 5. The third kappa shape index (κ3) is 4.21. The van der Waals surface area contributed by atoms with E-state index in [0.29, 0.717) is 11.4 Å². The molecule has 0 saturated carbocycles. The van der Waals surface area contributed by atoms with Crippen LogP contribution in [0.15, 0.2) is 24.3 Å². The molecule has 0 spiro atoms. The van der Waals surface area contributed by atoms with Crippen molar-refractivity contribution >= 4 is 17.3 Å².